The van der Waals surface area contributed by atoms with Crippen molar-refractivity contribution in [2.75, 3.05) is 13.1 Å². The third-order valence-corrected chi connectivity index (χ3v) is 3.18. The number of nitrogens with zero attached hydrogens (tertiary/aromatic N) is 3. The maximum Gasteiger partial charge on any atom is 0.156 e. The summed E-state index contributed by atoms with van der Waals surface area (Å²) in [5.41, 5.74) is 1.38. The minimum absolute atomic E-state index is 0.637. The minimum atomic E-state index is 0.637. The van der Waals surface area contributed by atoms with Crippen molar-refractivity contribution in [3.05, 3.63) is 29.7 Å². The van der Waals surface area contributed by atoms with Gasteiger partial charge >= 0.3 is 0 Å². The van der Waals surface area contributed by atoms with Crippen LogP contribution < -0.4 is 5.32 Å². The zero-order valence-electron chi connectivity index (χ0n) is 9.47. The van der Waals surface area contributed by atoms with E-state index in [-0.39, 0.29) is 0 Å². The number of rotatable bonds is 3. The molecule has 1 N–H and O–H groups in total. The molecule has 1 atom stereocenters. The molecule has 3 rings (SSSR count). The molecule has 88 valence electrons. The van der Waals surface area contributed by atoms with E-state index in [1.54, 1.807) is 22.8 Å². The quantitative estimate of drug-likeness (QED) is 0.788. The van der Waals surface area contributed by atoms with E-state index in [1.165, 1.54) is 6.42 Å². The van der Waals surface area contributed by atoms with Crippen molar-refractivity contribution in [1.29, 1.82) is 0 Å². The molecule has 17 heavy (non-hydrogen) atoms. The number of aromatic nitrogens is 3. The Morgan fingerprint density at radius 3 is 3.29 bits per heavy atom. The first-order valence-corrected chi connectivity index (χ1v) is 5.86. The summed E-state index contributed by atoms with van der Waals surface area (Å²) < 4.78 is 1.73. The van der Waals surface area contributed by atoms with Crippen LogP contribution in [0.25, 0.3) is 5.65 Å². The molecule has 0 bridgehead atoms. The van der Waals surface area contributed by atoms with E-state index in [0.29, 0.717) is 11.5 Å². The lowest BCUT2D eigenvalue weighted by atomic mass is 10.1. The lowest BCUT2D eigenvalue weighted by Crippen LogP contribution is -2.11. The molecule has 0 radical (unpaired) electrons. The van der Waals surface area contributed by atoms with Crippen LogP contribution in [0.5, 0.6) is 0 Å². The van der Waals surface area contributed by atoms with Gasteiger partial charge in [-0.05, 0) is 37.6 Å². The van der Waals surface area contributed by atoms with E-state index >= 15 is 0 Å². The third kappa shape index (κ3) is 2.06. The minimum Gasteiger partial charge on any atom is -0.316 e. The fourth-order valence-corrected chi connectivity index (χ4v) is 2.25. The van der Waals surface area contributed by atoms with Crippen molar-refractivity contribution in [3.8, 4) is 0 Å². The Bertz CT molecular complexity index is 542. The van der Waals surface area contributed by atoms with E-state index in [4.69, 9.17) is 0 Å². The largest absolute Gasteiger partial charge is 0.316 e. The van der Waals surface area contributed by atoms with Gasteiger partial charge in [-0.3, -0.25) is 4.79 Å². The molecule has 5 heteroatoms. The van der Waals surface area contributed by atoms with Crippen LogP contribution in [0.15, 0.2) is 18.3 Å². The maximum atomic E-state index is 10.7. The zero-order chi connectivity index (χ0) is 11.7. The first-order valence-electron chi connectivity index (χ1n) is 5.86. The molecular formula is C12H14N4O. The number of aldehydes is 1. The van der Waals surface area contributed by atoms with Crippen LogP contribution in [0, 0.1) is 5.92 Å². The second kappa shape index (κ2) is 4.25. The van der Waals surface area contributed by atoms with Crippen molar-refractivity contribution in [2.24, 2.45) is 5.92 Å². The van der Waals surface area contributed by atoms with Crippen LogP contribution in [0.1, 0.15) is 22.6 Å². The summed E-state index contributed by atoms with van der Waals surface area (Å²) in [6, 6.07) is 3.51. The number of pyridine rings is 1. The summed E-state index contributed by atoms with van der Waals surface area (Å²) in [5, 5.41) is 7.75. The molecule has 1 saturated heterocycles. The Morgan fingerprint density at radius 2 is 2.53 bits per heavy atom. The molecule has 3 heterocycles. The summed E-state index contributed by atoms with van der Waals surface area (Å²) >= 11 is 0. The van der Waals surface area contributed by atoms with Crippen molar-refractivity contribution < 1.29 is 4.79 Å². The topological polar surface area (TPSA) is 59.3 Å². The number of carbonyl (C=O) groups excluding carboxylic acids is 1. The van der Waals surface area contributed by atoms with Crippen LogP contribution in [0.2, 0.25) is 0 Å². The highest BCUT2D eigenvalue weighted by atomic mass is 16.1. The zero-order valence-corrected chi connectivity index (χ0v) is 9.47. The smallest absolute Gasteiger partial charge is 0.156 e. The van der Waals surface area contributed by atoms with Crippen LogP contribution >= 0.6 is 0 Å². The summed E-state index contributed by atoms with van der Waals surface area (Å²) in [5.74, 6) is 1.50. The Kier molecular flexibility index (Phi) is 2.60. The number of hydrogen-bond acceptors (Lipinski definition) is 4. The van der Waals surface area contributed by atoms with E-state index in [0.717, 1.165) is 37.3 Å². The van der Waals surface area contributed by atoms with Crippen molar-refractivity contribution in [3.63, 3.8) is 0 Å². The molecule has 5 nitrogen and oxygen atoms in total. The van der Waals surface area contributed by atoms with Crippen LogP contribution in [-0.4, -0.2) is 34.0 Å². The molecule has 1 aliphatic heterocycles. The first kappa shape index (κ1) is 10.4. The van der Waals surface area contributed by atoms with Crippen LogP contribution in [0.4, 0.5) is 0 Å². The predicted molar refractivity (Wildman–Crippen MR) is 63.1 cm³/mol. The number of fused-ring (bicyclic) bond motifs is 1. The normalized spacial score (nSPS) is 19.9. The van der Waals surface area contributed by atoms with Gasteiger partial charge in [-0.2, -0.15) is 5.10 Å². The highest BCUT2D eigenvalue weighted by Crippen LogP contribution is 2.13. The predicted octanol–water partition coefficient (Wildman–Crippen LogP) is 0.694. The van der Waals surface area contributed by atoms with E-state index in [2.05, 4.69) is 15.4 Å². The highest BCUT2D eigenvalue weighted by molar-refractivity contribution is 5.76. The molecule has 0 saturated carbocycles. The molecule has 1 aliphatic rings. The van der Waals surface area contributed by atoms with Gasteiger partial charge in [0.05, 0.1) is 0 Å². The second-order valence-corrected chi connectivity index (χ2v) is 4.47. The van der Waals surface area contributed by atoms with Gasteiger partial charge in [0, 0.05) is 18.2 Å². The summed E-state index contributed by atoms with van der Waals surface area (Å²) in [6.45, 7) is 2.14. The number of hydrogen-bond donors (Lipinski definition) is 1. The Labute approximate surface area is 98.9 Å². The van der Waals surface area contributed by atoms with Gasteiger partial charge in [-0.25, -0.2) is 9.50 Å². The standard InChI is InChI=1S/C12H14N4O/c17-8-10-2-4-16-12(6-10)14-11(15-16)5-9-1-3-13-7-9/h2,4,6,8-9,13H,1,3,5,7H2. The maximum absolute atomic E-state index is 10.7. The van der Waals surface area contributed by atoms with Gasteiger partial charge in [0.2, 0.25) is 0 Å². The molecule has 0 spiro atoms. The Morgan fingerprint density at radius 1 is 1.59 bits per heavy atom. The summed E-state index contributed by atoms with van der Waals surface area (Å²) in [6.07, 6.45) is 4.71. The lowest BCUT2D eigenvalue weighted by molar-refractivity contribution is 0.112. The second-order valence-electron chi connectivity index (χ2n) is 4.47. The fourth-order valence-electron chi connectivity index (χ4n) is 2.25. The number of carbonyl (C=O) groups is 1. The van der Waals surface area contributed by atoms with Crippen LogP contribution in [-0.2, 0) is 6.42 Å². The van der Waals surface area contributed by atoms with Crippen molar-refractivity contribution >= 4 is 11.9 Å². The van der Waals surface area contributed by atoms with Crippen LogP contribution in [0.3, 0.4) is 0 Å². The number of nitrogens with one attached hydrogen (secondary N) is 1. The Hall–Kier alpha value is -1.75. The molecule has 1 fully saturated rings. The average Bonchev–Trinajstić information content (AvgIpc) is 2.96. The first-order chi connectivity index (χ1) is 8.35. The van der Waals surface area contributed by atoms with E-state index < -0.39 is 0 Å². The molecule has 1 unspecified atom stereocenters. The monoisotopic (exact) mass is 230 g/mol. The summed E-state index contributed by atoms with van der Waals surface area (Å²) in [7, 11) is 0. The van der Waals surface area contributed by atoms with E-state index in [9.17, 15) is 4.79 Å². The fraction of sp³-hybridized carbons (Fsp3) is 0.417. The average molecular weight is 230 g/mol. The molecule has 0 amide bonds. The van der Waals surface area contributed by atoms with Crippen molar-refractivity contribution in [2.45, 2.75) is 12.8 Å². The third-order valence-electron chi connectivity index (χ3n) is 3.18. The molecule has 2 aromatic rings. The van der Waals surface area contributed by atoms with Gasteiger partial charge in [-0.1, -0.05) is 0 Å². The van der Waals surface area contributed by atoms with E-state index in [1.807, 2.05) is 0 Å². The SMILES string of the molecule is O=Cc1ccn2nc(CC3CCNC3)nc2c1. The lowest BCUT2D eigenvalue weighted by Gasteiger charge is -2.02. The van der Waals surface area contributed by atoms with Gasteiger partial charge in [-0.15, -0.1) is 0 Å². The van der Waals surface area contributed by atoms with Gasteiger partial charge in [0.25, 0.3) is 0 Å². The van der Waals surface area contributed by atoms with Gasteiger partial charge < -0.3 is 5.32 Å². The summed E-state index contributed by atoms with van der Waals surface area (Å²) in [4.78, 5) is 15.1. The van der Waals surface area contributed by atoms with Crippen molar-refractivity contribution in [1.82, 2.24) is 19.9 Å². The molecule has 2 aromatic heterocycles. The highest BCUT2D eigenvalue weighted by Gasteiger charge is 2.17. The van der Waals surface area contributed by atoms with Gasteiger partial charge in [0.15, 0.2) is 11.5 Å². The molecule has 0 aromatic carbocycles. The molecular weight excluding hydrogens is 216 g/mol. The Balaban J connectivity index is 1.87. The van der Waals surface area contributed by atoms with Gasteiger partial charge in [0.1, 0.15) is 6.29 Å². The molecule has 0 aliphatic carbocycles.